The van der Waals surface area contributed by atoms with Gasteiger partial charge in [0.15, 0.2) is 0 Å². The van der Waals surface area contributed by atoms with E-state index in [1.807, 2.05) is 0 Å². The second kappa shape index (κ2) is 4.11. The summed E-state index contributed by atoms with van der Waals surface area (Å²) >= 11 is 0. The summed E-state index contributed by atoms with van der Waals surface area (Å²) in [6.45, 7) is 0. The molecular formula is C15H22N2. The van der Waals surface area contributed by atoms with Crippen LogP contribution in [0.25, 0.3) is 0 Å². The van der Waals surface area contributed by atoms with E-state index in [2.05, 4.69) is 42.3 Å². The molecule has 0 amide bonds. The molecule has 1 aromatic rings. The first-order valence-corrected chi connectivity index (χ1v) is 6.76. The lowest BCUT2D eigenvalue weighted by Crippen LogP contribution is -2.60. The topological polar surface area (TPSA) is 29.3 Å². The number of hydrogen-bond donors (Lipinski definition) is 1. The zero-order valence-corrected chi connectivity index (χ0v) is 10.6. The molecule has 3 rings (SSSR count). The molecule has 0 aromatic heterocycles. The Morgan fingerprint density at radius 1 is 1.24 bits per heavy atom. The minimum absolute atomic E-state index is 0.0429. The van der Waals surface area contributed by atoms with Gasteiger partial charge in [0, 0.05) is 6.04 Å². The van der Waals surface area contributed by atoms with Gasteiger partial charge < -0.3 is 5.73 Å². The Bertz CT molecular complexity index is 389. The number of benzene rings is 1. The number of fused-ring (bicyclic) bond motifs is 2. The first-order valence-electron chi connectivity index (χ1n) is 6.76. The van der Waals surface area contributed by atoms with Crippen LogP contribution in [0, 0.1) is 5.92 Å². The van der Waals surface area contributed by atoms with Gasteiger partial charge in [-0.25, -0.2) is 0 Å². The molecule has 1 aromatic carbocycles. The summed E-state index contributed by atoms with van der Waals surface area (Å²) in [4.78, 5) is 2.45. The molecule has 0 aliphatic carbocycles. The fourth-order valence-corrected chi connectivity index (χ4v) is 3.76. The van der Waals surface area contributed by atoms with Crippen molar-refractivity contribution in [3.05, 3.63) is 35.9 Å². The summed E-state index contributed by atoms with van der Waals surface area (Å²) in [5.41, 5.74) is 8.05. The van der Waals surface area contributed by atoms with Crippen molar-refractivity contribution in [3.8, 4) is 0 Å². The van der Waals surface area contributed by atoms with Crippen molar-refractivity contribution < 1.29 is 0 Å². The van der Waals surface area contributed by atoms with Gasteiger partial charge in [-0.1, -0.05) is 30.3 Å². The van der Waals surface area contributed by atoms with E-state index in [0.717, 1.165) is 12.5 Å². The van der Waals surface area contributed by atoms with Gasteiger partial charge in [0.25, 0.3) is 0 Å². The predicted octanol–water partition coefficient (Wildman–Crippen LogP) is 2.39. The smallest absolute Gasteiger partial charge is 0.0719 e. The van der Waals surface area contributed by atoms with Crippen LogP contribution in [0.3, 0.4) is 0 Å². The zero-order valence-electron chi connectivity index (χ0n) is 10.6. The van der Waals surface area contributed by atoms with Crippen molar-refractivity contribution in [1.82, 2.24) is 4.90 Å². The van der Waals surface area contributed by atoms with Crippen molar-refractivity contribution in [2.75, 3.05) is 7.05 Å². The van der Waals surface area contributed by atoms with Crippen LogP contribution in [-0.4, -0.2) is 23.7 Å². The van der Waals surface area contributed by atoms with Crippen molar-refractivity contribution >= 4 is 0 Å². The maximum absolute atomic E-state index is 6.66. The van der Waals surface area contributed by atoms with Crippen LogP contribution in [-0.2, 0) is 6.42 Å². The third-order valence-electron chi connectivity index (χ3n) is 4.96. The molecule has 2 nitrogen and oxygen atoms in total. The molecule has 2 bridgehead atoms. The molecule has 0 radical (unpaired) electrons. The molecule has 2 aliphatic heterocycles. The molecule has 2 fully saturated rings. The Hall–Kier alpha value is -0.860. The molecule has 92 valence electrons. The highest BCUT2D eigenvalue weighted by Crippen LogP contribution is 2.44. The lowest BCUT2D eigenvalue weighted by atomic mass is 9.81. The summed E-state index contributed by atoms with van der Waals surface area (Å²) in [6.07, 6.45) is 6.21. The van der Waals surface area contributed by atoms with Gasteiger partial charge in [-0.2, -0.15) is 0 Å². The van der Waals surface area contributed by atoms with E-state index < -0.39 is 0 Å². The van der Waals surface area contributed by atoms with Crippen LogP contribution in [0.2, 0.25) is 0 Å². The van der Waals surface area contributed by atoms with Crippen molar-refractivity contribution in [1.29, 1.82) is 0 Å². The van der Waals surface area contributed by atoms with Gasteiger partial charge >= 0.3 is 0 Å². The van der Waals surface area contributed by atoms with E-state index in [-0.39, 0.29) is 5.66 Å². The largest absolute Gasteiger partial charge is 0.313 e. The molecule has 0 spiro atoms. The lowest BCUT2D eigenvalue weighted by Gasteiger charge is -2.46. The van der Waals surface area contributed by atoms with E-state index >= 15 is 0 Å². The van der Waals surface area contributed by atoms with E-state index in [4.69, 9.17) is 5.73 Å². The Labute approximate surface area is 104 Å². The van der Waals surface area contributed by atoms with Crippen LogP contribution >= 0.6 is 0 Å². The number of nitrogens with two attached hydrogens (primary N) is 1. The number of hydrogen-bond acceptors (Lipinski definition) is 2. The van der Waals surface area contributed by atoms with E-state index in [1.165, 1.54) is 31.2 Å². The van der Waals surface area contributed by atoms with Gasteiger partial charge in [-0.15, -0.1) is 0 Å². The normalized spacial score (nSPS) is 37.3. The van der Waals surface area contributed by atoms with Crippen molar-refractivity contribution in [3.63, 3.8) is 0 Å². The third kappa shape index (κ3) is 1.80. The SMILES string of the molecule is CN1[C@@H]2CC[C@@H](Cc3ccccc3)[C@@]1(N)CC2. The molecule has 2 aliphatic rings. The van der Waals surface area contributed by atoms with Crippen molar-refractivity contribution in [2.45, 2.75) is 43.8 Å². The standard InChI is InChI=1S/C15H22N2/c1-17-14-8-7-13(15(17,16)10-9-14)11-12-5-3-2-4-6-12/h2-6,13-14H,7-11,16H2,1H3/t13-,14+,15+/m0/s1. The maximum Gasteiger partial charge on any atom is 0.0719 e. The molecule has 17 heavy (non-hydrogen) atoms. The third-order valence-corrected chi connectivity index (χ3v) is 4.96. The molecule has 2 heteroatoms. The number of piperidine rings is 1. The predicted molar refractivity (Wildman–Crippen MR) is 70.6 cm³/mol. The van der Waals surface area contributed by atoms with Gasteiger partial charge in [0.05, 0.1) is 5.66 Å². The highest BCUT2D eigenvalue weighted by Gasteiger charge is 2.49. The molecular weight excluding hydrogens is 208 g/mol. The number of nitrogens with zero attached hydrogens (tertiary/aromatic N) is 1. The average molecular weight is 230 g/mol. The fraction of sp³-hybridized carbons (Fsp3) is 0.600. The summed E-state index contributed by atoms with van der Waals surface area (Å²) in [6, 6.07) is 11.5. The zero-order chi connectivity index (χ0) is 11.9. The quantitative estimate of drug-likeness (QED) is 0.845. The molecule has 2 heterocycles. The highest BCUT2D eigenvalue weighted by molar-refractivity contribution is 5.17. The summed E-state index contributed by atoms with van der Waals surface area (Å²) in [5.74, 6) is 0.619. The fourth-order valence-electron chi connectivity index (χ4n) is 3.76. The van der Waals surface area contributed by atoms with Crippen LogP contribution in [0.5, 0.6) is 0 Å². The molecule has 2 saturated heterocycles. The van der Waals surface area contributed by atoms with Gasteiger partial charge in [0.2, 0.25) is 0 Å². The van der Waals surface area contributed by atoms with E-state index in [9.17, 15) is 0 Å². The Kier molecular flexibility index (Phi) is 2.72. The summed E-state index contributed by atoms with van der Waals surface area (Å²) < 4.78 is 0. The highest BCUT2D eigenvalue weighted by atomic mass is 15.3. The Morgan fingerprint density at radius 3 is 2.76 bits per heavy atom. The number of rotatable bonds is 2. The van der Waals surface area contributed by atoms with Gasteiger partial charge in [-0.3, -0.25) is 4.90 Å². The molecule has 0 saturated carbocycles. The second-order valence-corrected chi connectivity index (χ2v) is 5.76. The molecule has 2 N–H and O–H groups in total. The molecule has 0 unspecified atom stereocenters. The van der Waals surface area contributed by atoms with Crippen LogP contribution in [0.4, 0.5) is 0 Å². The molecule has 3 atom stereocenters. The van der Waals surface area contributed by atoms with E-state index in [1.54, 1.807) is 0 Å². The van der Waals surface area contributed by atoms with Crippen LogP contribution in [0.1, 0.15) is 31.2 Å². The van der Waals surface area contributed by atoms with E-state index in [0.29, 0.717) is 5.92 Å². The van der Waals surface area contributed by atoms with Crippen LogP contribution < -0.4 is 5.73 Å². The maximum atomic E-state index is 6.66. The lowest BCUT2D eigenvalue weighted by molar-refractivity contribution is 0.0294. The Morgan fingerprint density at radius 2 is 2.00 bits per heavy atom. The summed E-state index contributed by atoms with van der Waals surface area (Å²) in [5, 5.41) is 0. The minimum atomic E-state index is -0.0429. The van der Waals surface area contributed by atoms with Gasteiger partial charge in [0.1, 0.15) is 0 Å². The van der Waals surface area contributed by atoms with Crippen molar-refractivity contribution in [2.24, 2.45) is 11.7 Å². The first kappa shape index (κ1) is 11.2. The van der Waals surface area contributed by atoms with Crippen LogP contribution in [0.15, 0.2) is 30.3 Å². The summed E-state index contributed by atoms with van der Waals surface area (Å²) in [7, 11) is 2.22. The monoisotopic (exact) mass is 230 g/mol. The second-order valence-electron chi connectivity index (χ2n) is 5.76. The minimum Gasteiger partial charge on any atom is -0.313 e. The van der Waals surface area contributed by atoms with Gasteiger partial charge in [-0.05, 0) is 50.6 Å². The first-order chi connectivity index (χ1) is 8.20. The Balaban J connectivity index is 1.80. The average Bonchev–Trinajstić information content (AvgIpc) is 2.54.